The van der Waals surface area contributed by atoms with E-state index in [2.05, 4.69) is 0 Å². The molecule has 19 heavy (non-hydrogen) atoms. The smallest absolute Gasteiger partial charge is 0.306 e. The lowest BCUT2D eigenvalue weighted by Crippen LogP contribution is -2.19. The van der Waals surface area contributed by atoms with Crippen molar-refractivity contribution in [2.24, 2.45) is 11.8 Å². The van der Waals surface area contributed by atoms with Crippen molar-refractivity contribution in [3.63, 3.8) is 0 Å². The third-order valence-electron chi connectivity index (χ3n) is 2.81. The molecular weight excluding hydrogens is 270 g/mol. The Balaban J connectivity index is 3.04. The number of nitro groups is 1. The largest absolute Gasteiger partial charge is 0.481 e. The van der Waals surface area contributed by atoms with Gasteiger partial charge in [0, 0.05) is 16.7 Å². The Labute approximate surface area is 116 Å². The van der Waals surface area contributed by atoms with E-state index in [0.717, 1.165) is 0 Å². The van der Waals surface area contributed by atoms with E-state index in [-0.39, 0.29) is 18.0 Å². The zero-order chi connectivity index (χ0) is 14.6. The maximum atomic E-state index is 11.2. The highest BCUT2D eigenvalue weighted by atomic mass is 35.5. The van der Waals surface area contributed by atoms with Crippen LogP contribution >= 0.6 is 11.6 Å². The fraction of sp³-hybridized carbons (Fsp3) is 0.462. The SMILES string of the molecule is CC(C)CC(Cc1cc(Cl)ccc1[N+](=O)[O-])C(=O)O. The zero-order valence-corrected chi connectivity index (χ0v) is 11.6. The van der Waals surface area contributed by atoms with E-state index in [1.165, 1.54) is 18.2 Å². The van der Waals surface area contributed by atoms with Gasteiger partial charge < -0.3 is 5.11 Å². The molecule has 1 atom stereocenters. The number of hydrogen-bond donors (Lipinski definition) is 1. The van der Waals surface area contributed by atoms with Crippen molar-refractivity contribution < 1.29 is 14.8 Å². The van der Waals surface area contributed by atoms with Crippen LogP contribution < -0.4 is 0 Å². The van der Waals surface area contributed by atoms with Crippen LogP contribution in [0.25, 0.3) is 0 Å². The number of aliphatic carboxylic acids is 1. The molecule has 6 heteroatoms. The van der Waals surface area contributed by atoms with Crippen LogP contribution in [0.15, 0.2) is 18.2 Å². The number of carbonyl (C=O) groups is 1. The van der Waals surface area contributed by atoms with E-state index in [1.807, 2.05) is 13.8 Å². The molecule has 0 fully saturated rings. The van der Waals surface area contributed by atoms with Gasteiger partial charge in [-0.1, -0.05) is 25.4 Å². The standard InChI is InChI=1S/C13H16ClNO4/c1-8(2)5-10(13(16)17)6-9-7-11(14)3-4-12(9)15(18)19/h3-4,7-8,10H,5-6H2,1-2H3,(H,16,17). The van der Waals surface area contributed by atoms with Gasteiger partial charge in [-0.05, 0) is 30.9 Å². The summed E-state index contributed by atoms with van der Waals surface area (Å²) < 4.78 is 0. The van der Waals surface area contributed by atoms with E-state index in [4.69, 9.17) is 11.6 Å². The molecule has 0 amide bonds. The lowest BCUT2D eigenvalue weighted by molar-refractivity contribution is -0.385. The highest BCUT2D eigenvalue weighted by molar-refractivity contribution is 6.30. The number of carboxylic acids is 1. The summed E-state index contributed by atoms with van der Waals surface area (Å²) in [4.78, 5) is 21.6. The van der Waals surface area contributed by atoms with Gasteiger partial charge in [0.15, 0.2) is 0 Å². The predicted molar refractivity (Wildman–Crippen MR) is 72.4 cm³/mol. The molecule has 1 aromatic carbocycles. The molecule has 0 aliphatic rings. The van der Waals surface area contributed by atoms with Gasteiger partial charge in [-0.15, -0.1) is 0 Å². The summed E-state index contributed by atoms with van der Waals surface area (Å²) in [5, 5.41) is 20.5. The molecular formula is C13H16ClNO4. The average Bonchev–Trinajstić information content (AvgIpc) is 2.26. The summed E-state index contributed by atoms with van der Waals surface area (Å²) in [6.45, 7) is 3.84. The lowest BCUT2D eigenvalue weighted by Gasteiger charge is -2.14. The van der Waals surface area contributed by atoms with Crippen molar-refractivity contribution in [3.8, 4) is 0 Å². The fourth-order valence-electron chi connectivity index (χ4n) is 2.00. The molecule has 1 N–H and O–H groups in total. The number of nitrogens with zero attached hydrogens (tertiary/aromatic N) is 1. The minimum atomic E-state index is -0.942. The fourth-order valence-corrected chi connectivity index (χ4v) is 2.20. The first kappa shape index (κ1) is 15.4. The molecule has 0 saturated carbocycles. The van der Waals surface area contributed by atoms with Crippen LogP contribution in [0.3, 0.4) is 0 Å². The van der Waals surface area contributed by atoms with Crippen LogP contribution in [0.5, 0.6) is 0 Å². The van der Waals surface area contributed by atoms with Gasteiger partial charge in [-0.3, -0.25) is 14.9 Å². The summed E-state index contributed by atoms with van der Waals surface area (Å²) in [5.74, 6) is -1.38. The molecule has 0 saturated heterocycles. The number of nitro benzene ring substituents is 1. The van der Waals surface area contributed by atoms with E-state index in [0.29, 0.717) is 17.0 Å². The minimum Gasteiger partial charge on any atom is -0.481 e. The van der Waals surface area contributed by atoms with Gasteiger partial charge in [0.25, 0.3) is 5.69 Å². The molecule has 0 radical (unpaired) electrons. The van der Waals surface area contributed by atoms with E-state index in [1.54, 1.807) is 0 Å². The summed E-state index contributed by atoms with van der Waals surface area (Å²) in [6.07, 6.45) is 0.587. The van der Waals surface area contributed by atoms with E-state index in [9.17, 15) is 20.0 Å². The normalized spacial score (nSPS) is 12.4. The monoisotopic (exact) mass is 285 g/mol. The Morgan fingerprint density at radius 3 is 2.58 bits per heavy atom. The number of benzene rings is 1. The van der Waals surface area contributed by atoms with Gasteiger partial charge in [0.2, 0.25) is 0 Å². The van der Waals surface area contributed by atoms with Gasteiger partial charge in [-0.2, -0.15) is 0 Å². The highest BCUT2D eigenvalue weighted by Gasteiger charge is 2.24. The van der Waals surface area contributed by atoms with Crippen molar-refractivity contribution in [1.82, 2.24) is 0 Å². The Morgan fingerprint density at radius 2 is 2.11 bits per heavy atom. The molecule has 0 bridgehead atoms. The second-order valence-electron chi connectivity index (χ2n) is 4.90. The first-order chi connectivity index (χ1) is 8.81. The first-order valence-electron chi connectivity index (χ1n) is 5.97. The van der Waals surface area contributed by atoms with Gasteiger partial charge >= 0.3 is 5.97 Å². The van der Waals surface area contributed by atoms with Crippen molar-refractivity contribution in [1.29, 1.82) is 0 Å². The molecule has 1 aromatic rings. The van der Waals surface area contributed by atoms with Crippen molar-refractivity contribution in [2.45, 2.75) is 26.7 Å². The molecule has 0 aliphatic carbocycles. The van der Waals surface area contributed by atoms with E-state index < -0.39 is 16.8 Å². The molecule has 0 spiro atoms. The third-order valence-corrected chi connectivity index (χ3v) is 3.04. The predicted octanol–water partition coefficient (Wildman–Crippen LogP) is 3.54. The second-order valence-corrected chi connectivity index (χ2v) is 5.34. The van der Waals surface area contributed by atoms with Crippen molar-refractivity contribution >= 4 is 23.3 Å². The summed E-state index contributed by atoms with van der Waals surface area (Å²) >= 11 is 5.82. The maximum absolute atomic E-state index is 11.2. The first-order valence-corrected chi connectivity index (χ1v) is 6.34. The van der Waals surface area contributed by atoms with Crippen LogP contribution in [-0.4, -0.2) is 16.0 Å². The highest BCUT2D eigenvalue weighted by Crippen LogP contribution is 2.27. The van der Waals surface area contributed by atoms with Crippen LogP contribution in [0.2, 0.25) is 5.02 Å². The summed E-state index contributed by atoms with van der Waals surface area (Å²) in [7, 11) is 0. The third kappa shape index (κ3) is 4.52. The van der Waals surface area contributed by atoms with Crippen LogP contribution in [0.1, 0.15) is 25.8 Å². The Morgan fingerprint density at radius 1 is 1.47 bits per heavy atom. The minimum absolute atomic E-state index is 0.0839. The molecule has 0 aromatic heterocycles. The molecule has 0 heterocycles. The van der Waals surface area contributed by atoms with Crippen molar-refractivity contribution in [2.75, 3.05) is 0 Å². The number of halogens is 1. The Kier molecular flexibility index (Phi) is 5.30. The summed E-state index contributed by atoms with van der Waals surface area (Å²) in [6, 6.07) is 4.21. The van der Waals surface area contributed by atoms with Gasteiger partial charge in [-0.25, -0.2) is 0 Å². The molecule has 1 rings (SSSR count). The molecule has 5 nitrogen and oxygen atoms in total. The number of rotatable bonds is 6. The lowest BCUT2D eigenvalue weighted by atomic mass is 9.90. The molecule has 0 aliphatic heterocycles. The number of carboxylic acid groups (broad SMARTS) is 1. The average molecular weight is 286 g/mol. The maximum Gasteiger partial charge on any atom is 0.306 e. The Hall–Kier alpha value is -1.62. The van der Waals surface area contributed by atoms with Gasteiger partial charge in [0.05, 0.1) is 10.8 Å². The van der Waals surface area contributed by atoms with E-state index >= 15 is 0 Å². The zero-order valence-electron chi connectivity index (χ0n) is 10.8. The van der Waals surface area contributed by atoms with Gasteiger partial charge in [0.1, 0.15) is 0 Å². The van der Waals surface area contributed by atoms with Crippen LogP contribution in [0.4, 0.5) is 5.69 Å². The number of hydrogen-bond acceptors (Lipinski definition) is 3. The summed E-state index contributed by atoms with van der Waals surface area (Å²) in [5.41, 5.74) is 0.282. The van der Waals surface area contributed by atoms with Crippen molar-refractivity contribution in [3.05, 3.63) is 38.9 Å². The second kappa shape index (κ2) is 6.52. The molecule has 1 unspecified atom stereocenters. The van der Waals surface area contributed by atoms with Crippen LogP contribution in [-0.2, 0) is 11.2 Å². The Bertz CT molecular complexity index is 488. The molecule has 104 valence electrons. The quantitative estimate of drug-likeness (QED) is 0.640. The van der Waals surface area contributed by atoms with Crippen LogP contribution in [0, 0.1) is 22.0 Å². The topological polar surface area (TPSA) is 80.4 Å².